The minimum absolute atomic E-state index is 0.228. The monoisotopic (exact) mass is 293 g/mol. The summed E-state index contributed by atoms with van der Waals surface area (Å²) >= 11 is 0. The fraction of sp³-hybridized carbons (Fsp3) is 0.733. The number of rotatable bonds is 7. The molecule has 0 aliphatic carbocycles. The zero-order chi connectivity index (χ0) is 15.2. The first-order valence-corrected chi connectivity index (χ1v) is 7.70. The largest absolute Gasteiger partial charge is 0.392 e. The summed E-state index contributed by atoms with van der Waals surface area (Å²) in [7, 11) is 4.13. The molecule has 1 aliphatic heterocycles. The number of β-amino-alcohol motifs (C(OH)–C–C–N with tert-alkyl or cyclic N) is 1. The van der Waals surface area contributed by atoms with Gasteiger partial charge in [0.2, 0.25) is 0 Å². The number of aliphatic hydroxyl groups is 1. The lowest BCUT2D eigenvalue weighted by molar-refractivity contribution is 0.168. The smallest absolute Gasteiger partial charge is 0.144 e. The van der Waals surface area contributed by atoms with Gasteiger partial charge in [0.05, 0.1) is 24.2 Å². The Labute approximate surface area is 127 Å². The molecule has 1 aromatic rings. The molecule has 1 aromatic heterocycles. The van der Waals surface area contributed by atoms with Crippen LogP contribution in [0.25, 0.3) is 0 Å². The van der Waals surface area contributed by atoms with E-state index in [9.17, 15) is 5.11 Å². The second-order valence-corrected chi connectivity index (χ2v) is 6.05. The van der Waals surface area contributed by atoms with E-state index < -0.39 is 0 Å². The van der Waals surface area contributed by atoms with E-state index in [0.717, 1.165) is 50.5 Å². The Morgan fingerprint density at radius 1 is 1.38 bits per heavy atom. The molecule has 2 unspecified atom stereocenters. The highest BCUT2D eigenvalue weighted by molar-refractivity contribution is 5.30. The first-order chi connectivity index (χ1) is 10.1. The molecule has 0 saturated carbocycles. The lowest BCUT2D eigenvalue weighted by Gasteiger charge is -2.26. The molecule has 0 bridgehead atoms. The summed E-state index contributed by atoms with van der Waals surface area (Å²) in [6.45, 7) is 5.46. The number of anilines is 1. The van der Waals surface area contributed by atoms with Crippen LogP contribution in [0.5, 0.6) is 0 Å². The molecule has 0 aromatic carbocycles. The average Bonchev–Trinajstić information content (AvgIpc) is 2.77. The summed E-state index contributed by atoms with van der Waals surface area (Å²) in [6.07, 6.45) is 5.30. The number of aromatic nitrogens is 2. The van der Waals surface area contributed by atoms with Gasteiger partial charge in [0.15, 0.2) is 0 Å². The summed E-state index contributed by atoms with van der Waals surface area (Å²) in [5, 5.41) is 13.1. The standard InChI is InChI=1S/C15H27N5O/c1-4-5-16-15-8-17-12(7-18-15)9-20-11-14(21)6-13(20)10-19(2)3/h7-8,13-14,21H,4-6,9-11H2,1-3H3,(H,16,18). The van der Waals surface area contributed by atoms with Crippen molar-refractivity contribution in [2.45, 2.75) is 38.5 Å². The van der Waals surface area contributed by atoms with E-state index in [4.69, 9.17) is 0 Å². The number of nitrogens with one attached hydrogen (secondary N) is 1. The molecule has 0 amide bonds. The van der Waals surface area contributed by atoms with Gasteiger partial charge in [-0.3, -0.25) is 9.88 Å². The molecule has 118 valence electrons. The molecule has 1 saturated heterocycles. The first-order valence-electron chi connectivity index (χ1n) is 7.70. The number of hydrogen-bond donors (Lipinski definition) is 2. The fourth-order valence-electron chi connectivity index (χ4n) is 2.75. The van der Waals surface area contributed by atoms with E-state index in [1.165, 1.54) is 0 Å². The van der Waals surface area contributed by atoms with Crippen molar-refractivity contribution >= 4 is 5.82 Å². The van der Waals surface area contributed by atoms with Crippen LogP contribution in [-0.2, 0) is 6.54 Å². The van der Waals surface area contributed by atoms with Crippen LogP contribution in [0.1, 0.15) is 25.5 Å². The molecule has 6 nitrogen and oxygen atoms in total. The van der Waals surface area contributed by atoms with E-state index in [2.05, 4.69) is 46.1 Å². The Morgan fingerprint density at radius 2 is 2.19 bits per heavy atom. The number of hydrogen-bond acceptors (Lipinski definition) is 6. The highest BCUT2D eigenvalue weighted by Crippen LogP contribution is 2.20. The Morgan fingerprint density at radius 3 is 2.81 bits per heavy atom. The molecular formula is C15H27N5O. The molecule has 0 spiro atoms. The average molecular weight is 293 g/mol. The zero-order valence-corrected chi connectivity index (χ0v) is 13.3. The normalized spacial score (nSPS) is 22.9. The third-order valence-corrected chi connectivity index (χ3v) is 3.71. The molecule has 2 atom stereocenters. The van der Waals surface area contributed by atoms with Crippen LogP contribution in [-0.4, -0.2) is 70.7 Å². The Hall–Kier alpha value is -1.24. The van der Waals surface area contributed by atoms with Gasteiger partial charge < -0.3 is 15.3 Å². The van der Waals surface area contributed by atoms with Crippen molar-refractivity contribution in [3.05, 3.63) is 18.1 Å². The molecule has 2 N–H and O–H groups in total. The van der Waals surface area contributed by atoms with Crippen molar-refractivity contribution in [3.8, 4) is 0 Å². The first kappa shape index (κ1) is 16.1. The van der Waals surface area contributed by atoms with Gasteiger partial charge in [0.25, 0.3) is 0 Å². The second-order valence-electron chi connectivity index (χ2n) is 6.05. The number of likely N-dealkylation sites (N-methyl/N-ethyl adjacent to an activating group) is 1. The SMILES string of the molecule is CCCNc1cnc(CN2CC(O)CC2CN(C)C)cn1. The van der Waals surface area contributed by atoms with Gasteiger partial charge >= 0.3 is 0 Å². The van der Waals surface area contributed by atoms with Gasteiger partial charge in [0, 0.05) is 32.2 Å². The lowest BCUT2D eigenvalue weighted by atomic mass is 10.2. The van der Waals surface area contributed by atoms with Crippen molar-refractivity contribution in [1.82, 2.24) is 19.8 Å². The van der Waals surface area contributed by atoms with Crippen LogP contribution >= 0.6 is 0 Å². The topological polar surface area (TPSA) is 64.5 Å². The minimum Gasteiger partial charge on any atom is -0.392 e. The van der Waals surface area contributed by atoms with Gasteiger partial charge in [-0.25, -0.2) is 4.98 Å². The third kappa shape index (κ3) is 4.91. The zero-order valence-electron chi connectivity index (χ0n) is 13.3. The maximum Gasteiger partial charge on any atom is 0.144 e. The molecule has 6 heteroatoms. The van der Waals surface area contributed by atoms with Crippen molar-refractivity contribution in [1.29, 1.82) is 0 Å². The minimum atomic E-state index is -0.228. The predicted octanol–water partition coefficient (Wildman–Crippen LogP) is 0.795. The van der Waals surface area contributed by atoms with E-state index in [0.29, 0.717) is 6.04 Å². The number of aliphatic hydroxyl groups excluding tert-OH is 1. The van der Waals surface area contributed by atoms with Crippen LogP contribution in [0.2, 0.25) is 0 Å². The molecule has 2 rings (SSSR count). The predicted molar refractivity (Wildman–Crippen MR) is 84.2 cm³/mol. The van der Waals surface area contributed by atoms with E-state index in [-0.39, 0.29) is 6.10 Å². The maximum atomic E-state index is 9.90. The van der Waals surface area contributed by atoms with Gasteiger partial charge in [0.1, 0.15) is 5.82 Å². The van der Waals surface area contributed by atoms with Gasteiger partial charge in [-0.15, -0.1) is 0 Å². The fourth-order valence-corrected chi connectivity index (χ4v) is 2.75. The highest BCUT2D eigenvalue weighted by Gasteiger charge is 2.31. The van der Waals surface area contributed by atoms with Crippen molar-refractivity contribution in [2.24, 2.45) is 0 Å². The van der Waals surface area contributed by atoms with Crippen molar-refractivity contribution < 1.29 is 5.11 Å². The number of nitrogens with zero attached hydrogens (tertiary/aromatic N) is 4. The molecule has 1 aliphatic rings. The summed E-state index contributed by atoms with van der Waals surface area (Å²) < 4.78 is 0. The van der Waals surface area contributed by atoms with Gasteiger partial charge in [-0.1, -0.05) is 6.92 Å². The van der Waals surface area contributed by atoms with Crippen LogP contribution in [0.4, 0.5) is 5.82 Å². The maximum absolute atomic E-state index is 9.90. The Kier molecular flexibility index (Phi) is 5.90. The summed E-state index contributed by atoms with van der Waals surface area (Å²) in [6, 6.07) is 0.384. The lowest BCUT2D eigenvalue weighted by Crippen LogP contribution is -2.37. The molecular weight excluding hydrogens is 266 g/mol. The second kappa shape index (κ2) is 7.68. The van der Waals surface area contributed by atoms with Crippen LogP contribution in [0, 0.1) is 0 Å². The third-order valence-electron chi connectivity index (χ3n) is 3.71. The summed E-state index contributed by atoms with van der Waals surface area (Å²) in [5.74, 6) is 0.826. The van der Waals surface area contributed by atoms with Crippen LogP contribution < -0.4 is 5.32 Å². The van der Waals surface area contributed by atoms with Crippen LogP contribution in [0.3, 0.4) is 0 Å². The molecule has 2 heterocycles. The van der Waals surface area contributed by atoms with E-state index >= 15 is 0 Å². The Balaban J connectivity index is 1.93. The molecule has 0 radical (unpaired) electrons. The van der Waals surface area contributed by atoms with Crippen LogP contribution in [0.15, 0.2) is 12.4 Å². The van der Waals surface area contributed by atoms with Crippen molar-refractivity contribution in [2.75, 3.05) is 39.0 Å². The molecule has 21 heavy (non-hydrogen) atoms. The molecule has 1 fully saturated rings. The van der Waals surface area contributed by atoms with E-state index in [1.807, 2.05) is 6.20 Å². The quantitative estimate of drug-likeness (QED) is 0.775. The number of likely N-dealkylation sites (tertiary alicyclic amines) is 1. The summed E-state index contributed by atoms with van der Waals surface area (Å²) in [4.78, 5) is 13.3. The highest BCUT2D eigenvalue weighted by atomic mass is 16.3. The Bertz CT molecular complexity index is 423. The van der Waals surface area contributed by atoms with Gasteiger partial charge in [-0.05, 0) is 26.9 Å². The van der Waals surface area contributed by atoms with Crippen molar-refractivity contribution in [3.63, 3.8) is 0 Å². The van der Waals surface area contributed by atoms with E-state index in [1.54, 1.807) is 6.20 Å². The summed E-state index contributed by atoms with van der Waals surface area (Å²) in [5.41, 5.74) is 0.954. The van der Waals surface area contributed by atoms with Gasteiger partial charge in [-0.2, -0.15) is 0 Å².